The van der Waals surface area contributed by atoms with Crippen molar-refractivity contribution < 1.29 is 18.3 Å². The molecular weight excluding hydrogens is 494 g/mol. The van der Waals surface area contributed by atoms with E-state index in [1.165, 1.54) is 4.31 Å². The predicted octanol–water partition coefficient (Wildman–Crippen LogP) is 5.57. The molecule has 1 spiro atoms. The first-order valence-electron chi connectivity index (χ1n) is 13.0. The molecule has 0 aromatic heterocycles. The summed E-state index contributed by atoms with van der Waals surface area (Å²) in [5, 5.41) is 11.3. The van der Waals surface area contributed by atoms with Crippen LogP contribution < -0.4 is 0 Å². The number of Topliss-reactive ketones (excluding diaryl/α,β-unsaturated/α-hetero) is 1. The SMILES string of the molecule is Cc1ccc(C2=C(c3ccc(C)cc3)C(=O)C3(C2)CN(S(=O)(=O)c2ccc(C)cc2)CC3C(C)(C)O)cc1. The Balaban J connectivity index is 1.64. The highest BCUT2D eigenvalue weighted by atomic mass is 32.2. The van der Waals surface area contributed by atoms with Crippen molar-refractivity contribution in [1.29, 1.82) is 0 Å². The first kappa shape index (κ1) is 26.5. The molecule has 1 N–H and O–H groups in total. The molecule has 6 heteroatoms. The van der Waals surface area contributed by atoms with Crippen LogP contribution in [0.5, 0.6) is 0 Å². The maximum absolute atomic E-state index is 14.6. The average molecular weight is 530 g/mol. The summed E-state index contributed by atoms with van der Waals surface area (Å²) < 4.78 is 28.9. The van der Waals surface area contributed by atoms with E-state index >= 15 is 0 Å². The summed E-state index contributed by atoms with van der Waals surface area (Å²) in [5.41, 5.74) is 4.14. The van der Waals surface area contributed by atoms with Crippen molar-refractivity contribution in [2.24, 2.45) is 11.3 Å². The van der Waals surface area contributed by atoms with E-state index in [0.29, 0.717) is 12.0 Å². The number of allylic oxidation sites excluding steroid dienone is 2. The van der Waals surface area contributed by atoms with E-state index in [2.05, 4.69) is 0 Å². The van der Waals surface area contributed by atoms with Crippen molar-refractivity contribution in [1.82, 2.24) is 4.31 Å². The summed E-state index contributed by atoms with van der Waals surface area (Å²) in [4.78, 5) is 14.8. The molecule has 2 aliphatic rings. The number of benzene rings is 3. The molecule has 198 valence electrons. The van der Waals surface area contributed by atoms with Gasteiger partial charge in [-0.05, 0) is 69.9 Å². The molecule has 1 saturated heterocycles. The normalized spacial score (nSPS) is 22.6. The van der Waals surface area contributed by atoms with Crippen LogP contribution in [0, 0.1) is 32.1 Å². The van der Waals surface area contributed by atoms with Crippen LogP contribution in [0.4, 0.5) is 0 Å². The fourth-order valence-corrected chi connectivity index (χ4v) is 7.64. The van der Waals surface area contributed by atoms with Gasteiger partial charge < -0.3 is 5.11 Å². The molecule has 5 nitrogen and oxygen atoms in total. The van der Waals surface area contributed by atoms with Crippen LogP contribution in [0.1, 0.15) is 48.1 Å². The zero-order valence-electron chi connectivity index (χ0n) is 22.7. The standard InChI is InChI=1S/C32H35NO4S/c1-21-6-12-24(13-7-21)27-18-32(30(34)29(27)25-14-8-22(2)9-15-25)20-33(19-28(32)31(4,5)35)38(36,37)26-16-10-23(3)11-17-26/h6-17,28,35H,18-20H2,1-5H3. The zero-order chi connectivity index (χ0) is 27.5. The van der Waals surface area contributed by atoms with Crippen LogP contribution in [0.2, 0.25) is 0 Å². The van der Waals surface area contributed by atoms with Gasteiger partial charge in [-0.3, -0.25) is 4.79 Å². The van der Waals surface area contributed by atoms with E-state index in [-0.39, 0.29) is 23.8 Å². The van der Waals surface area contributed by atoms with Gasteiger partial charge in [-0.25, -0.2) is 8.42 Å². The molecule has 3 aromatic rings. The summed E-state index contributed by atoms with van der Waals surface area (Å²) in [6, 6.07) is 22.8. The van der Waals surface area contributed by atoms with Crippen LogP contribution in [-0.2, 0) is 14.8 Å². The van der Waals surface area contributed by atoms with Gasteiger partial charge in [-0.1, -0.05) is 77.4 Å². The van der Waals surface area contributed by atoms with E-state index in [4.69, 9.17) is 0 Å². The smallest absolute Gasteiger partial charge is 0.243 e. The van der Waals surface area contributed by atoms with Gasteiger partial charge in [-0.2, -0.15) is 4.31 Å². The summed E-state index contributed by atoms with van der Waals surface area (Å²) in [6.45, 7) is 9.42. The lowest BCUT2D eigenvalue weighted by Crippen LogP contribution is -2.46. The number of nitrogens with zero attached hydrogens (tertiary/aromatic N) is 1. The van der Waals surface area contributed by atoms with E-state index in [1.54, 1.807) is 38.1 Å². The Morgan fingerprint density at radius 3 is 1.79 bits per heavy atom. The van der Waals surface area contributed by atoms with Crippen LogP contribution in [0.15, 0.2) is 77.7 Å². The summed E-state index contributed by atoms with van der Waals surface area (Å²) >= 11 is 0. The Morgan fingerprint density at radius 1 is 0.816 bits per heavy atom. The van der Waals surface area contributed by atoms with Crippen LogP contribution in [-0.4, -0.2) is 42.3 Å². The number of aliphatic hydroxyl groups is 1. The van der Waals surface area contributed by atoms with Crippen LogP contribution >= 0.6 is 0 Å². The topological polar surface area (TPSA) is 74.7 Å². The van der Waals surface area contributed by atoms with Crippen LogP contribution in [0.3, 0.4) is 0 Å². The molecule has 0 saturated carbocycles. The van der Waals surface area contributed by atoms with Crippen molar-refractivity contribution >= 4 is 27.0 Å². The van der Waals surface area contributed by atoms with E-state index in [0.717, 1.165) is 33.4 Å². The fourth-order valence-electron chi connectivity index (χ4n) is 6.12. The lowest BCUT2D eigenvalue weighted by molar-refractivity contribution is -0.128. The van der Waals surface area contributed by atoms with Crippen LogP contribution in [0.25, 0.3) is 11.1 Å². The largest absolute Gasteiger partial charge is 0.390 e. The molecule has 0 radical (unpaired) electrons. The van der Waals surface area contributed by atoms with Gasteiger partial charge in [0.15, 0.2) is 5.78 Å². The number of hydrogen-bond acceptors (Lipinski definition) is 4. The average Bonchev–Trinajstić information content (AvgIpc) is 3.40. The molecular formula is C32H35NO4S. The first-order chi connectivity index (χ1) is 17.8. The second-order valence-corrected chi connectivity index (χ2v) is 13.5. The molecule has 5 rings (SSSR count). The van der Waals surface area contributed by atoms with Crippen molar-refractivity contribution in [3.63, 3.8) is 0 Å². The van der Waals surface area contributed by atoms with Gasteiger partial charge in [-0.15, -0.1) is 0 Å². The Labute approximate surface area is 225 Å². The van der Waals surface area contributed by atoms with Crippen molar-refractivity contribution in [3.05, 3.63) is 101 Å². The molecule has 2 unspecified atom stereocenters. The Kier molecular flexibility index (Phi) is 6.49. The van der Waals surface area contributed by atoms with Gasteiger partial charge in [0.1, 0.15) is 0 Å². The number of sulfonamides is 1. The molecule has 0 amide bonds. The summed E-state index contributed by atoms with van der Waals surface area (Å²) in [6.07, 6.45) is 0.368. The first-order valence-corrected chi connectivity index (χ1v) is 14.5. The van der Waals surface area contributed by atoms with Crippen molar-refractivity contribution in [2.45, 2.75) is 51.5 Å². The van der Waals surface area contributed by atoms with E-state index < -0.39 is 27.0 Å². The highest BCUT2D eigenvalue weighted by Crippen LogP contribution is 2.57. The van der Waals surface area contributed by atoms with E-state index in [1.807, 2.05) is 69.3 Å². The zero-order valence-corrected chi connectivity index (χ0v) is 23.5. The molecule has 3 aromatic carbocycles. The van der Waals surface area contributed by atoms with Crippen molar-refractivity contribution in [3.8, 4) is 0 Å². The third-order valence-electron chi connectivity index (χ3n) is 8.24. The minimum atomic E-state index is -3.86. The quantitative estimate of drug-likeness (QED) is 0.469. The lowest BCUT2D eigenvalue weighted by atomic mass is 9.67. The number of ketones is 1. The van der Waals surface area contributed by atoms with Crippen molar-refractivity contribution in [2.75, 3.05) is 13.1 Å². The summed E-state index contributed by atoms with van der Waals surface area (Å²) in [7, 11) is -3.86. The Hall–Kier alpha value is -3.06. The third-order valence-corrected chi connectivity index (χ3v) is 10.1. The number of hydrogen-bond donors (Lipinski definition) is 1. The van der Waals surface area contributed by atoms with Gasteiger partial charge in [0.05, 0.1) is 15.9 Å². The third kappa shape index (κ3) is 4.45. The monoisotopic (exact) mass is 529 g/mol. The second kappa shape index (κ2) is 9.30. The number of aryl methyl sites for hydroxylation is 3. The van der Waals surface area contributed by atoms with Gasteiger partial charge >= 0.3 is 0 Å². The molecule has 2 atom stereocenters. The molecule has 1 aliphatic heterocycles. The Bertz CT molecular complexity index is 1510. The molecule has 0 bridgehead atoms. The maximum Gasteiger partial charge on any atom is 0.243 e. The summed E-state index contributed by atoms with van der Waals surface area (Å²) in [5.74, 6) is -0.670. The molecule has 1 aliphatic carbocycles. The molecule has 38 heavy (non-hydrogen) atoms. The van der Waals surface area contributed by atoms with Gasteiger partial charge in [0.25, 0.3) is 0 Å². The minimum absolute atomic E-state index is 0.0292. The minimum Gasteiger partial charge on any atom is -0.390 e. The highest BCUT2D eigenvalue weighted by Gasteiger charge is 2.62. The number of carbonyl (C=O) groups is 1. The second-order valence-electron chi connectivity index (χ2n) is 11.6. The van der Waals surface area contributed by atoms with Gasteiger partial charge in [0.2, 0.25) is 10.0 Å². The highest BCUT2D eigenvalue weighted by molar-refractivity contribution is 7.89. The maximum atomic E-state index is 14.6. The number of rotatable bonds is 5. The fraction of sp³-hybridized carbons (Fsp3) is 0.344. The van der Waals surface area contributed by atoms with E-state index in [9.17, 15) is 18.3 Å². The molecule has 1 fully saturated rings. The predicted molar refractivity (Wildman–Crippen MR) is 151 cm³/mol. The lowest BCUT2D eigenvalue weighted by Gasteiger charge is -2.37. The van der Waals surface area contributed by atoms with Gasteiger partial charge in [0, 0.05) is 24.6 Å². The number of carbonyl (C=O) groups excluding carboxylic acids is 1. The Morgan fingerprint density at radius 2 is 1.29 bits per heavy atom. The molecule has 1 heterocycles.